The maximum absolute atomic E-state index is 6.58. The van der Waals surface area contributed by atoms with Crippen molar-refractivity contribution in [1.82, 2.24) is 4.98 Å². The van der Waals surface area contributed by atoms with Gasteiger partial charge in [0.1, 0.15) is 6.67 Å². The molecule has 0 spiro atoms. The van der Waals surface area contributed by atoms with Gasteiger partial charge < -0.3 is 15.5 Å². The molecule has 0 aliphatic carbocycles. The highest BCUT2D eigenvalue weighted by molar-refractivity contribution is 6.33. The lowest BCUT2D eigenvalue weighted by molar-refractivity contribution is 0.992. The molecule has 0 atom stereocenters. The number of benzene rings is 3. The Labute approximate surface area is 168 Å². The van der Waals surface area contributed by atoms with Gasteiger partial charge in [0, 0.05) is 16.8 Å². The molecule has 28 heavy (non-hydrogen) atoms. The first-order valence-electron chi connectivity index (χ1n) is 9.16. The van der Waals surface area contributed by atoms with Crippen LogP contribution in [0.2, 0.25) is 5.02 Å². The monoisotopic (exact) mass is 386 g/mol. The number of pyridine rings is 1. The number of hydrogen-bond acceptors (Lipinski definition) is 4. The number of anilines is 5. The molecule has 5 rings (SSSR count). The Bertz CT molecular complexity index is 1200. The van der Waals surface area contributed by atoms with Gasteiger partial charge in [-0.1, -0.05) is 41.4 Å². The van der Waals surface area contributed by atoms with Gasteiger partial charge in [0.15, 0.2) is 0 Å². The van der Waals surface area contributed by atoms with Gasteiger partial charge in [-0.05, 0) is 49.4 Å². The molecule has 1 aromatic heterocycles. The van der Waals surface area contributed by atoms with E-state index in [0.717, 1.165) is 44.4 Å². The molecule has 0 radical (unpaired) electrons. The van der Waals surface area contributed by atoms with Gasteiger partial charge in [-0.25, -0.2) is 0 Å². The van der Waals surface area contributed by atoms with E-state index in [9.17, 15) is 0 Å². The standard InChI is InChI=1S/C23H19ClN4/c1-15-9-10-20-18(11-15)23-22(13-26-20)27(17-6-4-5-16(25)12-17)14-28(23)21-8-3-2-7-19(21)24/h2-13H,14,25H2,1H3. The largest absolute Gasteiger partial charge is 0.399 e. The summed E-state index contributed by atoms with van der Waals surface area (Å²) in [5.74, 6) is 0. The van der Waals surface area contributed by atoms with Crippen molar-refractivity contribution in [2.75, 3.05) is 22.2 Å². The molecule has 3 aromatic carbocycles. The summed E-state index contributed by atoms with van der Waals surface area (Å²) in [5, 5.41) is 1.84. The zero-order chi connectivity index (χ0) is 19.3. The zero-order valence-electron chi connectivity index (χ0n) is 15.4. The van der Waals surface area contributed by atoms with Crippen LogP contribution in [0, 0.1) is 6.92 Å². The van der Waals surface area contributed by atoms with Crippen LogP contribution in [0.3, 0.4) is 0 Å². The number of aryl methyl sites for hydroxylation is 1. The maximum atomic E-state index is 6.58. The number of aromatic nitrogens is 1. The highest BCUT2D eigenvalue weighted by Gasteiger charge is 2.31. The molecule has 2 N–H and O–H groups in total. The van der Waals surface area contributed by atoms with Gasteiger partial charge in [0.25, 0.3) is 0 Å². The van der Waals surface area contributed by atoms with Gasteiger partial charge in [0.2, 0.25) is 0 Å². The molecule has 0 fully saturated rings. The Morgan fingerprint density at radius 2 is 1.79 bits per heavy atom. The zero-order valence-corrected chi connectivity index (χ0v) is 16.2. The third-order valence-corrected chi connectivity index (χ3v) is 5.46. The number of nitrogen functional groups attached to an aromatic ring is 1. The topological polar surface area (TPSA) is 45.4 Å². The Morgan fingerprint density at radius 1 is 0.929 bits per heavy atom. The van der Waals surface area contributed by atoms with E-state index < -0.39 is 0 Å². The molecular formula is C23H19ClN4. The van der Waals surface area contributed by atoms with Crippen molar-refractivity contribution in [2.24, 2.45) is 0 Å². The number of halogens is 1. The molecule has 0 saturated carbocycles. The number of nitrogens with zero attached hydrogens (tertiary/aromatic N) is 3. The molecule has 4 nitrogen and oxygen atoms in total. The molecule has 4 aromatic rings. The lowest BCUT2D eigenvalue weighted by Gasteiger charge is -2.23. The molecular weight excluding hydrogens is 368 g/mol. The summed E-state index contributed by atoms with van der Waals surface area (Å²) < 4.78 is 0. The van der Waals surface area contributed by atoms with Crippen LogP contribution in [0.25, 0.3) is 10.9 Å². The minimum Gasteiger partial charge on any atom is -0.399 e. The van der Waals surface area contributed by atoms with Crippen molar-refractivity contribution in [3.63, 3.8) is 0 Å². The van der Waals surface area contributed by atoms with Gasteiger partial charge in [-0.3, -0.25) is 4.98 Å². The Kier molecular flexibility index (Phi) is 3.88. The van der Waals surface area contributed by atoms with E-state index in [1.165, 1.54) is 5.56 Å². The quantitative estimate of drug-likeness (QED) is 0.427. The van der Waals surface area contributed by atoms with Crippen LogP contribution < -0.4 is 15.5 Å². The summed E-state index contributed by atoms with van der Waals surface area (Å²) >= 11 is 6.58. The van der Waals surface area contributed by atoms with Crippen molar-refractivity contribution < 1.29 is 0 Å². The molecule has 1 aliphatic heterocycles. The predicted molar refractivity (Wildman–Crippen MR) is 118 cm³/mol. The SMILES string of the molecule is Cc1ccc2ncc3c(c2c1)N(c1ccccc1Cl)CN3c1cccc(N)c1. The van der Waals surface area contributed by atoms with E-state index in [1.54, 1.807) is 0 Å². The highest BCUT2D eigenvalue weighted by Crippen LogP contribution is 2.48. The lowest BCUT2D eigenvalue weighted by Crippen LogP contribution is -2.24. The summed E-state index contributed by atoms with van der Waals surface area (Å²) in [4.78, 5) is 9.19. The molecule has 0 amide bonds. The Balaban J connectivity index is 1.78. The van der Waals surface area contributed by atoms with E-state index in [-0.39, 0.29) is 0 Å². The summed E-state index contributed by atoms with van der Waals surface area (Å²) in [6, 6.07) is 22.2. The van der Waals surface area contributed by atoms with Crippen molar-refractivity contribution in [3.05, 3.63) is 83.5 Å². The van der Waals surface area contributed by atoms with Crippen LogP contribution in [0.5, 0.6) is 0 Å². The van der Waals surface area contributed by atoms with Crippen LogP contribution in [0.15, 0.2) is 72.9 Å². The van der Waals surface area contributed by atoms with Crippen LogP contribution >= 0.6 is 11.6 Å². The highest BCUT2D eigenvalue weighted by atomic mass is 35.5. The molecule has 0 bridgehead atoms. The number of rotatable bonds is 2. The van der Waals surface area contributed by atoms with Gasteiger partial charge in [0.05, 0.1) is 33.8 Å². The fourth-order valence-electron chi connectivity index (χ4n) is 3.83. The van der Waals surface area contributed by atoms with E-state index in [4.69, 9.17) is 22.3 Å². The van der Waals surface area contributed by atoms with Crippen molar-refractivity contribution >= 4 is 50.9 Å². The summed E-state index contributed by atoms with van der Waals surface area (Å²) in [5.41, 5.74) is 13.1. The number of para-hydroxylation sites is 1. The smallest absolute Gasteiger partial charge is 0.100 e. The second-order valence-electron chi connectivity index (χ2n) is 7.06. The number of hydrogen-bond donors (Lipinski definition) is 1. The average Bonchev–Trinajstić information content (AvgIpc) is 3.08. The van der Waals surface area contributed by atoms with Crippen LogP contribution in [-0.4, -0.2) is 11.7 Å². The molecule has 0 saturated heterocycles. The first-order valence-corrected chi connectivity index (χ1v) is 9.54. The predicted octanol–water partition coefficient (Wildman–Crippen LogP) is 6.03. The third-order valence-electron chi connectivity index (χ3n) is 5.14. The van der Waals surface area contributed by atoms with Crippen LogP contribution in [0.4, 0.5) is 28.4 Å². The van der Waals surface area contributed by atoms with E-state index in [1.807, 2.05) is 42.6 Å². The lowest BCUT2D eigenvalue weighted by atomic mass is 10.1. The minimum absolute atomic E-state index is 0.636. The third kappa shape index (κ3) is 2.65. The van der Waals surface area contributed by atoms with Gasteiger partial charge >= 0.3 is 0 Å². The fraction of sp³-hybridized carbons (Fsp3) is 0.0870. The first-order chi connectivity index (χ1) is 13.6. The number of fused-ring (bicyclic) bond motifs is 3. The minimum atomic E-state index is 0.636. The molecule has 2 heterocycles. The average molecular weight is 387 g/mol. The summed E-state index contributed by atoms with van der Waals surface area (Å²) in [6.07, 6.45) is 1.94. The molecule has 0 unspecified atom stereocenters. The summed E-state index contributed by atoms with van der Waals surface area (Å²) in [6.45, 7) is 2.74. The van der Waals surface area contributed by atoms with E-state index >= 15 is 0 Å². The van der Waals surface area contributed by atoms with Crippen LogP contribution in [0.1, 0.15) is 5.56 Å². The second-order valence-corrected chi connectivity index (χ2v) is 7.46. The summed E-state index contributed by atoms with van der Waals surface area (Å²) in [7, 11) is 0. The molecule has 5 heteroatoms. The fourth-order valence-corrected chi connectivity index (χ4v) is 4.07. The van der Waals surface area contributed by atoms with Gasteiger partial charge in [-0.2, -0.15) is 0 Å². The first kappa shape index (κ1) is 16.9. The van der Waals surface area contributed by atoms with Gasteiger partial charge in [-0.15, -0.1) is 0 Å². The molecule has 138 valence electrons. The Morgan fingerprint density at radius 3 is 2.61 bits per heavy atom. The Hall–Kier alpha value is -3.24. The van der Waals surface area contributed by atoms with Crippen molar-refractivity contribution in [1.29, 1.82) is 0 Å². The van der Waals surface area contributed by atoms with E-state index in [0.29, 0.717) is 6.67 Å². The maximum Gasteiger partial charge on any atom is 0.100 e. The number of nitrogens with two attached hydrogens (primary N) is 1. The van der Waals surface area contributed by atoms with Crippen molar-refractivity contribution in [3.8, 4) is 0 Å². The molecule has 1 aliphatic rings. The van der Waals surface area contributed by atoms with Crippen LogP contribution in [-0.2, 0) is 0 Å². The van der Waals surface area contributed by atoms with Crippen molar-refractivity contribution in [2.45, 2.75) is 6.92 Å². The second kappa shape index (κ2) is 6.43. The normalized spacial score (nSPS) is 13.2. The van der Waals surface area contributed by atoms with E-state index in [2.05, 4.69) is 47.1 Å².